The lowest BCUT2D eigenvalue weighted by Gasteiger charge is -2.29. The molecule has 2 aromatic carbocycles. The molecule has 0 fully saturated rings. The van der Waals surface area contributed by atoms with Crippen LogP contribution in [0.5, 0.6) is 5.75 Å². The fraction of sp³-hybridized carbons (Fsp3) is 0.333. The van der Waals surface area contributed by atoms with Gasteiger partial charge in [0, 0.05) is 17.0 Å². The Morgan fingerprint density at radius 3 is 2.81 bits per heavy atom. The molecule has 2 N–H and O–H groups in total. The lowest BCUT2D eigenvalue weighted by Crippen LogP contribution is -2.27. The van der Waals surface area contributed by atoms with Crippen molar-refractivity contribution in [2.75, 3.05) is 5.75 Å². The second kappa shape index (κ2) is 5.39. The third kappa shape index (κ3) is 2.45. The first-order valence-corrected chi connectivity index (χ1v) is 8.59. The first-order valence-electron chi connectivity index (χ1n) is 7.61. The quantitative estimate of drug-likeness (QED) is 0.871. The predicted molar refractivity (Wildman–Crippen MR) is 86.8 cm³/mol. The van der Waals surface area contributed by atoms with Gasteiger partial charge < -0.3 is 10.4 Å². The van der Waals surface area contributed by atoms with Gasteiger partial charge in [-0.1, -0.05) is 24.3 Å². The van der Waals surface area contributed by atoms with E-state index in [0.29, 0.717) is 17.8 Å². The molecular formula is C18H19NOS. The van der Waals surface area contributed by atoms with Crippen molar-refractivity contribution in [1.82, 2.24) is 5.32 Å². The lowest BCUT2D eigenvalue weighted by atomic mass is 10.0. The van der Waals surface area contributed by atoms with Gasteiger partial charge in [0.25, 0.3) is 0 Å². The summed E-state index contributed by atoms with van der Waals surface area (Å²) in [5, 5.41) is 13.5. The SMILES string of the molecule is Oc1ccc2c(c1)CCC2NC1CCSc2ccccc21. The molecular weight excluding hydrogens is 278 g/mol. The molecule has 0 radical (unpaired) electrons. The molecule has 1 heterocycles. The molecule has 0 saturated carbocycles. The number of thioether (sulfide) groups is 1. The zero-order valence-corrected chi connectivity index (χ0v) is 12.7. The molecule has 2 atom stereocenters. The van der Waals surface area contributed by atoms with Crippen LogP contribution >= 0.6 is 11.8 Å². The van der Waals surface area contributed by atoms with Crippen LogP contribution in [0.15, 0.2) is 47.4 Å². The van der Waals surface area contributed by atoms with Crippen LogP contribution in [0.25, 0.3) is 0 Å². The second-order valence-electron chi connectivity index (χ2n) is 5.87. The summed E-state index contributed by atoms with van der Waals surface area (Å²) in [6, 6.07) is 15.4. The van der Waals surface area contributed by atoms with E-state index in [2.05, 4.69) is 35.6 Å². The van der Waals surface area contributed by atoms with Crippen LogP contribution in [0.2, 0.25) is 0 Å². The van der Waals surface area contributed by atoms with E-state index in [4.69, 9.17) is 0 Å². The Hall–Kier alpha value is -1.45. The van der Waals surface area contributed by atoms with Crippen molar-refractivity contribution in [3.63, 3.8) is 0 Å². The summed E-state index contributed by atoms with van der Waals surface area (Å²) >= 11 is 1.96. The molecule has 2 aromatic rings. The van der Waals surface area contributed by atoms with Gasteiger partial charge in [-0.15, -0.1) is 11.8 Å². The Morgan fingerprint density at radius 2 is 1.86 bits per heavy atom. The molecule has 2 unspecified atom stereocenters. The van der Waals surface area contributed by atoms with E-state index in [9.17, 15) is 5.11 Å². The van der Waals surface area contributed by atoms with Crippen LogP contribution in [-0.2, 0) is 6.42 Å². The molecule has 0 spiro atoms. The second-order valence-corrected chi connectivity index (χ2v) is 7.01. The number of hydrogen-bond acceptors (Lipinski definition) is 3. The normalized spacial score (nSPS) is 23.6. The van der Waals surface area contributed by atoms with E-state index < -0.39 is 0 Å². The molecule has 3 heteroatoms. The number of phenols is 1. The average Bonchev–Trinajstić information content (AvgIpc) is 2.90. The average molecular weight is 297 g/mol. The van der Waals surface area contributed by atoms with Crippen LogP contribution in [0.3, 0.4) is 0 Å². The number of nitrogens with one attached hydrogen (secondary N) is 1. The van der Waals surface area contributed by atoms with Gasteiger partial charge in [-0.3, -0.25) is 0 Å². The van der Waals surface area contributed by atoms with Crippen molar-refractivity contribution >= 4 is 11.8 Å². The van der Waals surface area contributed by atoms with Gasteiger partial charge in [0.15, 0.2) is 0 Å². The Morgan fingerprint density at radius 1 is 1.00 bits per heavy atom. The lowest BCUT2D eigenvalue weighted by molar-refractivity contribution is 0.427. The third-order valence-electron chi connectivity index (χ3n) is 4.57. The predicted octanol–water partition coefficient (Wildman–Crippen LogP) is 4.21. The molecule has 2 aliphatic rings. The molecule has 0 bridgehead atoms. The molecule has 0 aromatic heterocycles. The fourth-order valence-electron chi connectivity index (χ4n) is 3.54. The molecule has 4 rings (SSSR count). The van der Waals surface area contributed by atoms with E-state index in [1.165, 1.54) is 33.8 Å². The Labute approximate surface area is 129 Å². The number of benzene rings is 2. The highest BCUT2D eigenvalue weighted by atomic mass is 32.2. The molecule has 108 valence electrons. The summed E-state index contributed by atoms with van der Waals surface area (Å²) in [5.41, 5.74) is 4.11. The van der Waals surface area contributed by atoms with E-state index in [-0.39, 0.29) is 0 Å². The zero-order chi connectivity index (χ0) is 14.2. The van der Waals surface area contributed by atoms with Gasteiger partial charge in [-0.25, -0.2) is 0 Å². The van der Waals surface area contributed by atoms with Crippen molar-refractivity contribution in [2.45, 2.75) is 36.2 Å². The smallest absolute Gasteiger partial charge is 0.115 e. The van der Waals surface area contributed by atoms with Crippen molar-refractivity contribution in [3.05, 3.63) is 59.2 Å². The molecule has 2 nitrogen and oxygen atoms in total. The molecule has 1 aliphatic heterocycles. The topological polar surface area (TPSA) is 32.3 Å². The highest BCUT2D eigenvalue weighted by Crippen LogP contribution is 2.40. The Balaban J connectivity index is 1.59. The van der Waals surface area contributed by atoms with E-state index in [1.807, 2.05) is 23.9 Å². The number of phenolic OH excluding ortho intramolecular Hbond substituents is 1. The Bertz CT molecular complexity index is 670. The minimum Gasteiger partial charge on any atom is -0.508 e. The Kier molecular flexibility index (Phi) is 3.40. The summed E-state index contributed by atoms with van der Waals surface area (Å²) in [6.45, 7) is 0. The molecule has 21 heavy (non-hydrogen) atoms. The van der Waals surface area contributed by atoms with Crippen molar-refractivity contribution < 1.29 is 5.11 Å². The van der Waals surface area contributed by atoms with Crippen LogP contribution in [0.4, 0.5) is 0 Å². The molecule has 1 aliphatic carbocycles. The number of aromatic hydroxyl groups is 1. The number of fused-ring (bicyclic) bond motifs is 2. The van der Waals surface area contributed by atoms with Gasteiger partial charge in [0.05, 0.1) is 0 Å². The highest BCUT2D eigenvalue weighted by Gasteiger charge is 2.27. The maximum absolute atomic E-state index is 9.61. The van der Waals surface area contributed by atoms with Gasteiger partial charge in [0.2, 0.25) is 0 Å². The molecule has 0 amide bonds. The summed E-state index contributed by atoms with van der Waals surface area (Å²) in [4.78, 5) is 1.42. The maximum atomic E-state index is 9.61. The van der Waals surface area contributed by atoms with Gasteiger partial charge in [0.1, 0.15) is 5.75 Å². The monoisotopic (exact) mass is 297 g/mol. The van der Waals surface area contributed by atoms with Crippen molar-refractivity contribution in [1.29, 1.82) is 0 Å². The van der Waals surface area contributed by atoms with Crippen LogP contribution < -0.4 is 5.32 Å². The van der Waals surface area contributed by atoms with E-state index in [1.54, 1.807) is 0 Å². The van der Waals surface area contributed by atoms with Crippen LogP contribution in [0, 0.1) is 0 Å². The first-order chi connectivity index (χ1) is 10.3. The largest absolute Gasteiger partial charge is 0.508 e. The minimum atomic E-state index is 0.383. The van der Waals surface area contributed by atoms with Crippen molar-refractivity contribution in [3.8, 4) is 5.75 Å². The van der Waals surface area contributed by atoms with Gasteiger partial charge >= 0.3 is 0 Å². The van der Waals surface area contributed by atoms with Crippen LogP contribution in [0.1, 0.15) is 41.6 Å². The van der Waals surface area contributed by atoms with Gasteiger partial charge in [-0.2, -0.15) is 0 Å². The first kappa shape index (κ1) is 13.2. The summed E-state index contributed by atoms with van der Waals surface area (Å²) in [7, 11) is 0. The summed E-state index contributed by atoms with van der Waals surface area (Å²) < 4.78 is 0. The summed E-state index contributed by atoms with van der Waals surface area (Å²) in [5.74, 6) is 1.57. The summed E-state index contributed by atoms with van der Waals surface area (Å²) in [6.07, 6.45) is 3.38. The highest BCUT2D eigenvalue weighted by molar-refractivity contribution is 7.99. The number of aryl methyl sites for hydroxylation is 1. The standard InChI is InChI=1S/C18H19NOS/c20-13-6-7-14-12(11-13)5-8-16(14)19-17-9-10-21-18-4-2-1-3-15(17)18/h1-4,6-7,11,16-17,19-20H,5,8-10H2. The maximum Gasteiger partial charge on any atom is 0.115 e. The zero-order valence-electron chi connectivity index (χ0n) is 11.9. The molecule has 0 saturated heterocycles. The van der Waals surface area contributed by atoms with E-state index in [0.717, 1.165) is 12.8 Å². The number of rotatable bonds is 2. The fourth-order valence-corrected chi connectivity index (χ4v) is 4.66. The van der Waals surface area contributed by atoms with Crippen LogP contribution in [-0.4, -0.2) is 10.9 Å². The minimum absolute atomic E-state index is 0.383. The van der Waals surface area contributed by atoms with Gasteiger partial charge in [-0.05, 0) is 59.9 Å². The number of hydrogen-bond donors (Lipinski definition) is 2. The van der Waals surface area contributed by atoms with Crippen molar-refractivity contribution in [2.24, 2.45) is 0 Å². The third-order valence-corrected chi connectivity index (χ3v) is 5.69. The van der Waals surface area contributed by atoms with E-state index >= 15 is 0 Å².